The summed E-state index contributed by atoms with van der Waals surface area (Å²) in [5, 5.41) is 17.0. The zero-order valence-corrected chi connectivity index (χ0v) is 25.9. The van der Waals surface area contributed by atoms with Gasteiger partial charge in [-0.2, -0.15) is 5.26 Å². The lowest BCUT2D eigenvalue weighted by molar-refractivity contribution is -0.131. The monoisotopic (exact) mass is 611 g/mol. The number of likely N-dealkylation sites (tertiary alicyclic amines) is 1. The second kappa shape index (κ2) is 11.6. The molecule has 12 heteroatoms. The highest BCUT2D eigenvalue weighted by atomic mass is 16.5. The number of aromatic amines is 1. The van der Waals surface area contributed by atoms with Crippen molar-refractivity contribution in [3.05, 3.63) is 86.2 Å². The molecule has 12 nitrogen and oxygen atoms in total. The van der Waals surface area contributed by atoms with Crippen molar-refractivity contribution in [3.8, 4) is 6.07 Å². The number of aromatic nitrogens is 2. The quantitative estimate of drug-likeness (QED) is 0.365. The summed E-state index contributed by atoms with van der Waals surface area (Å²) in [6.07, 6.45) is 3.23. The molecule has 1 unspecified atom stereocenters. The molecule has 0 radical (unpaired) electrons. The number of H-pyrrole nitrogens is 1. The van der Waals surface area contributed by atoms with Gasteiger partial charge in [0.25, 0.3) is 11.8 Å². The Labute approximate surface area is 261 Å². The van der Waals surface area contributed by atoms with Crippen molar-refractivity contribution in [3.63, 3.8) is 0 Å². The molecule has 0 bridgehead atoms. The average molecular weight is 612 g/mol. The van der Waals surface area contributed by atoms with Crippen LogP contribution < -0.4 is 11.1 Å². The predicted octanol–water partition coefficient (Wildman–Crippen LogP) is 1.69. The number of amides is 3. The van der Waals surface area contributed by atoms with E-state index in [-0.39, 0.29) is 36.3 Å². The van der Waals surface area contributed by atoms with Crippen LogP contribution in [-0.4, -0.2) is 95.9 Å². The normalized spacial score (nSPS) is 20.7. The van der Waals surface area contributed by atoms with Gasteiger partial charge in [-0.1, -0.05) is 17.3 Å². The fourth-order valence-corrected chi connectivity index (χ4v) is 7.18. The molecule has 2 fully saturated rings. The molecule has 1 aliphatic heterocycles. The summed E-state index contributed by atoms with van der Waals surface area (Å²) >= 11 is 0. The lowest BCUT2D eigenvalue weighted by Crippen LogP contribution is -2.44. The SMILES string of the molecule is CN(C)C(=O)c1ccc2c(c1)CCc1cc(C(=O)N(C)C)ccc1C2(CCNCC(=O)N1C(C#N)C[C@@H]2C[C@@H]21)c1noc(=O)[nH]1. The van der Waals surface area contributed by atoms with Crippen LogP contribution in [0.25, 0.3) is 0 Å². The topological polar surface area (TPSA) is 156 Å². The Morgan fingerprint density at radius 2 is 1.62 bits per heavy atom. The van der Waals surface area contributed by atoms with Crippen molar-refractivity contribution < 1.29 is 18.9 Å². The number of aryl methyl sites for hydroxylation is 2. The van der Waals surface area contributed by atoms with Gasteiger partial charge in [-0.05, 0) is 91.1 Å². The van der Waals surface area contributed by atoms with Gasteiger partial charge in [-0.3, -0.25) is 23.9 Å². The van der Waals surface area contributed by atoms with E-state index in [4.69, 9.17) is 4.52 Å². The first kappa shape index (κ1) is 30.3. The highest BCUT2D eigenvalue weighted by molar-refractivity contribution is 5.95. The van der Waals surface area contributed by atoms with Gasteiger partial charge in [0.05, 0.1) is 18.0 Å². The minimum atomic E-state index is -1.03. The predicted molar refractivity (Wildman–Crippen MR) is 164 cm³/mol. The molecule has 2 aliphatic carbocycles. The third kappa shape index (κ3) is 5.31. The fourth-order valence-electron chi connectivity index (χ4n) is 7.18. The minimum Gasteiger partial charge on any atom is -0.345 e. The first-order valence-electron chi connectivity index (χ1n) is 15.2. The molecule has 3 aliphatic rings. The molecule has 3 amide bonds. The molecule has 0 spiro atoms. The molecule has 1 aromatic heterocycles. The van der Waals surface area contributed by atoms with E-state index in [1.54, 1.807) is 45.2 Å². The molecule has 2 aromatic carbocycles. The van der Waals surface area contributed by atoms with Gasteiger partial charge in [0.1, 0.15) is 6.04 Å². The van der Waals surface area contributed by atoms with Crippen molar-refractivity contribution >= 4 is 17.7 Å². The summed E-state index contributed by atoms with van der Waals surface area (Å²) in [6.45, 7) is 0.425. The first-order valence-corrected chi connectivity index (χ1v) is 15.2. The zero-order valence-electron chi connectivity index (χ0n) is 25.9. The lowest BCUT2D eigenvalue weighted by Gasteiger charge is -2.35. The minimum absolute atomic E-state index is 0.0685. The first-order chi connectivity index (χ1) is 21.5. The van der Waals surface area contributed by atoms with E-state index in [0.717, 1.165) is 35.1 Å². The number of rotatable bonds is 8. The summed E-state index contributed by atoms with van der Waals surface area (Å²) in [7, 11) is 6.81. The molecular weight excluding hydrogens is 574 g/mol. The van der Waals surface area contributed by atoms with E-state index in [0.29, 0.717) is 48.7 Å². The number of nitriles is 1. The van der Waals surface area contributed by atoms with Gasteiger partial charge in [0, 0.05) is 45.4 Å². The van der Waals surface area contributed by atoms with Gasteiger partial charge in [0.2, 0.25) is 5.91 Å². The number of piperidine rings is 1. The van der Waals surface area contributed by atoms with E-state index in [1.807, 2.05) is 24.3 Å². The van der Waals surface area contributed by atoms with Crippen LogP contribution in [0.2, 0.25) is 0 Å². The van der Waals surface area contributed by atoms with E-state index in [9.17, 15) is 24.4 Å². The molecule has 2 heterocycles. The van der Waals surface area contributed by atoms with E-state index in [1.165, 1.54) is 9.80 Å². The number of nitrogens with one attached hydrogen (secondary N) is 2. The zero-order chi connectivity index (χ0) is 32.0. The molecule has 2 N–H and O–H groups in total. The van der Waals surface area contributed by atoms with Crippen LogP contribution in [0.15, 0.2) is 45.7 Å². The molecule has 1 saturated carbocycles. The third-order valence-electron chi connectivity index (χ3n) is 9.44. The van der Waals surface area contributed by atoms with Crippen molar-refractivity contribution in [2.45, 2.75) is 49.6 Å². The Bertz CT molecular complexity index is 1700. The standard InChI is InChI=1S/C33H37N7O5/c1-38(2)29(42)21-7-9-25-19(13-21)5-6-20-14-22(30(43)39(3)4)8-10-26(20)33(25,31-36-32(44)45-37-31)11-12-35-18-28(41)40-24(17-34)15-23-16-27(23)40/h7-10,13-14,23-24,27,35H,5-6,11-12,15-16,18H2,1-4H3,(H,36,37,44)/t23-,24?,27+/m1/s1. The van der Waals surface area contributed by atoms with Crippen LogP contribution in [0.4, 0.5) is 0 Å². The number of hydrogen-bond donors (Lipinski definition) is 2. The average Bonchev–Trinajstić information content (AvgIpc) is 3.52. The van der Waals surface area contributed by atoms with E-state index < -0.39 is 11.2 Å². The van der Waals surface area contributed by atoms with Crippen LogP contribution in [0.5, 0.6) is 0 Å². The van der Waals surface area contributed by atoms with Gasteiger partial charge in [-0.15, -0.1) is 0 Å². The highest BCUT2D eigenvalue weighted by Crippen LogP contribution is 2.48. The Kier molecular flexibility index (Phi) is 7.82. The summed E-state index contributed by atoms with van der Waals surface area (Å²) in [5.41, 5.74) is 3.57. The largest absolute Gasteiger partial charge is 0.438 e. The molecule has 1 saturated heterocycles. The number of fused-ring (bicyclic) bond motifs is 3. The summed E-state index contributed by atoms with van der Waals surface area (Å²) in [4.78, 5) is 59.1. The van der Waals surface area contributed by atoms with E-state index >= 15 is 0 Å². The van der Waals surface area contributed by atoms with Gasteiger partial charge in [0.15, 0.2) is 5.82 Å². The highest BCUT2D eigenvalue weighted by Gasteiger charge is 2.54. The van der Waals surface area contributed by atoms with Crippen LogP contribution in [-0.2, 0) is 23.1 Å². The van der Waals surface area contributed by atoms with E-state index in [2.05, 4.69) is 21.5 Å². The molecule has 45 heavy (non-hydrogen) atoms. The maximum Gasteiger partial charge on any atom is 0.438 e. The second-order valence-corrected chi connectivity index (χ2v) is 12.7. The van der Waals surface area contributed by atoms with Crippen LogP contribution >= 0.6 is 0 Å². The maximum atomic E-state index is 13.2. The number of hydrogen-bond acceptors (Lipinski definition) is 8. The van der Waals surface area contributed by atoms with Crippen LogP contribution in [0.3, 0.4) is 0 Å². The third-order valence-corrected chi connectivity index (χ3v) is 9.44. The summed E-state index contributed by atoms with van der Waals surface area (Å²) in [6, 6.07) is 13.2. The lowest BCUT2D eigenvalue weighted by atomic mass is 9.69. The van der Waals surface area contributed by atoms with Gasteiger partial charge in [-0.25, -0.2) is 4.79 Å². The van der Waals surface area contributed by atoms with Crippen molar-refractivity contribution in [1.82, 2.24) is 30.2 Å². The molecular formula is C33H37N7O5. The number of benzene rings is 2. The summed E-state index contributed by atoms with van der Waals surface area (Å²) < 4.78 is 5.06. The van der Waals surface area contributed by atoms with Crippen molar-refractivity contribution in [1.29, 1.82) is 5.26 Å². The molecule has 6 rings (SSSR count). The van der Waals surface area contributed by atoms with Crippen molar-refractivity contribution in [2.24, 2.45) is 5.92 Å². The molecule has 3 atom stereocenters. The molecule has 234 valence electrons. The van der Waals surface area contributed by atoms with Crippen LogP contribution in [0, 0.1) is 17.2 Å². The number of carbonyl (C=O) groups excluding carboxylic acids is 3. The summed E-state index contributed by atoms with van der Waals surface area (Å²) in [5.74, 6) is -0.333. The van der Waals surface area contributed by atoms with Gasteiger partial charge < -0.3 is 20.0 Å². The Balaban J connectivity index is 1.41. The fraction of sp³-hybridized carbons (Fsp3) is 0.455. The Morgan fingerprint density at radius 3 is 2.13 bits per heavy atom. The second-order valence-electron chi connectivity index (χ2n) is 12.7. The Hall–Kier alpha value is -4.76. The van der Waals surface area contributed by atoms with Gasteiger partial charge >= 0.3 is 5.76 Å². The molecule has 3 aromatic rings. The number of carbonyl (C=O) groups is 3. The maximum absolute atomic E-state index is 13.2. The smallest absolute Gasteiger partial charge is 0.345 e. The number of nitrogens with zero attached hydrogens (tertiary/aromatic N) is 5. The Morgan fingerprint density at radius 1 is 1.02 bits per heavy atom. The van der Waals surface area contributed by atoms with Crippen molar-refractivity contribution in [2.75, 3.05) is 41.3 Å². The van der Waals surface area contributed by atoms with Crippen LogP contribution in [0.1, 0.15) is 68.1 Å².